The zero-order valence-electron chi connectivity index (χ0n) is 12.7. The van der Waals surface area contributed by atoms with Crippen LogP contribution in [0.5, 0.6) is 5.75 Å². The molecule has 2 N–H and O–H groups in total. The highest BCUT2D eigenvalue weighted by Crippen LogP contribution is 2.24. The quantitative estimate of drug-likeness (QED) is 0.915. The number of ether oxygens (including phenoxy) is 1. The summed E-state index contributed by atoms with van der Waals surface area (Å²) in [6.07, 6.45) is 0.972. The molecule has 0 aromatic heterocycles. The molecule has 3 rings (SSSR count). The fraction of sp³-hybridized carbons (Fsp3) is 0.278. The van der Waals surface area contributed by atoms with E-state index < -0.39 is 0 Å². The summed E-state index contributed by atoms with van der Waals surface area (Å²) in [4.78, 5) is 12.3. The molecule has 114 valence electrons. The Hall–Kier alpha value is -2.33. The van der Waals surface area contributed by atoms with Gasteiger partial charge in [0.25, 0.3) is 5.91 Å². The van der Waals surface area contributed by atoms with E-state index in [0.717, 1.165) is 36.5 Å². The molecule has 4 heteroatoms. The third kappa shape index (κ3) is 3.28. The first-order valence-corrected chi connectivity index (χ1v) is 7.63. The Kier molecular flexibility index (Phi) is 4.39. The summed E-state index contributed by atoms with van der Waals surface area (Å²) < 4.78 is 5.64. The van der Waals surface area contributed by atoms with Crippen molar-refractivity contribution in [2.24, 2.45) is 0 Å². The van der Waals surface area contributed by atoms with Crippen LogP contribution in [0.2, 0.25) is 0 Å². The molecule has 1 aliphatic heterocycles. The van der Waals surface area contributed by atoms with Crippen molar-refractivity contribution in [2.45, 2.75) is 19.9 Å². The Bertz CT molecular complexity index is 665. The third-order valence-electron chi connectivity index (χ3n) is 3.79. The van der Waals surface area contributed by atoms with E-state index in [1.165, 1.54) is 5.56 Å². The van der Waals surface area contributed by atoms with E-state index in [-0.39, 0.29) is 5.91 Å². The SMILES string of the molecule is CCc1ccc(C(=O)Nc2ccc3c(c2)CNCCO3)cc1. The van der Waals surface area contributed by atoms with E-state index in [2.05, 4.69) is 17.6 Å². The van der Waals surface area contributed by atoms with Gasteiger partial charge in [0.2, 0.25) is 0 Å². The molecule has 0 spiro atoms. The molecule has 0 saturated carbocycles. The largest absolute Gasteiger partial charge is 0.492 e. The van der Waals surface area contributed by atoms with E-state index >= 15 is 0 Å². The number of hydrogen-bond acceptors (Lipinski definition) is 3. The Morgan fingerprint density at radius 1 is 1.23 bits per heavy atom. The lowest BCUT2D eigenvalue weighted by Gasteiger charge is -2.10. The van der Waals surface area contributed by atoms with Crippen molar-refractivity contribution in [3.63, 3.8) is 0 Å². The van der Waals surface area contributed by atoms with Gasteiger partial charge in [0, 0.05) is 29.9 Å². The molecule has 0 aliphatic carbocycles. The summed E-state index contributed by atoms with van der Waals surface area (Å²) in [5.41, 5.74) is 3.75. The molecule has 1 aliphatic rings. The smallest absolute Gasteiger partial charge is 0.255 e. The van der Waals surface area contributed by atoms with Crippen LogP contribution in [-0.2, 0) is 13.0 Å². The molecule has 1 heterocycles. The molecular weight excluding hydrogens is 276 g/mol. The first-order valence-electron chi connectivity index (χ1n) is 7.63. The second kappa shape index (κ2) is 6.62. The Morgan fingerprint density at radius 3 is 2.82 bits per heavy atom. The van der Waals surface area contributed by atoms with Gasteiger partial charge in [-0.1, -0.05) is 19.1 Å². The average molecular weight is 296 g/mol. The summed E-state index contributed by atoms with van der Waals surface area (Å²) in [6.45, 7) is 4.35. The van der Waals surface area contributed by atoms with E-state index in [0.29, 0.717) is 12.2 Å². The highest BCUT2D eigenvalue weighted by atomic mass is 16.5. The minimum Gasteiger partial charge on any atom is -0.492 e. The number of aryl methyl sites for hydroxylation is 1. The van der Waals surface area contributed by atoms with Gasteiger partial charge in [0.1, 0.15) is 12.4 Å². The molecule has 2 aromatic rings. The van der Waals surface area contributed by atoms with Crippen LogP contribution in [0, 0.1) is 0 Å². The summed E-state index contributed by atoms with van der Waals surface area (Å²) in [5.74, 6) is 0.792. The predicted octanol–water partition coefficient (Wildman–Crippen LogP) is 2.98. The molecule has 0 atom stereocenters. The van der Waals surface area contributed by atoms with Crippen LogP contribution in [0.3, 0.4) is 0 Å². The molecule has 2 aromatic carbocycles. The number of fused-ring (bicyclic) bond motifs is 1. The van der Waals surface area contributed by atoms with Crippen molar-refractivity contribution in [2.75, 3.05) is 18.5 Å². The summed E-state index contributed by atoms with van der Waals surface area (Å²) >= 11 is 0. The number of carbonyl (C=O) groups is 1. The number of benzene rings is 2. The van der Waals surface area contributed by atoms with Gasteiger partial charge in [-0.25, -0.2) is 0 Å². The van der Waals surface area contributed by atoms with Crippen molar-refractivity contribution < 1.29 is 9.53 Å². The lowest BCUT2D eigenvalue weighted by Crippen LogP contribution is -2.16. The van der Waals surface area contributed by atoms with Crippen LogP contribution < -0.4 is 15.4 Å². The molecule has 1 amide bonds. The van der Waals surface area contributed by atoms with Crippen LogP contribution >= 0.6 is 0 Å². The molecule has 0 bridgehead atoms. The van der Waals surface area contributed by atoms with Crippen LogP contribution in [0.15, 0.2) is 42.5 Å². The van der Waals surface area contributed by atoms with Gasteiger partial charge in [-0.3, -0.25) is 4.79 Å². The Morgan fingerprint density at radius 2 is 2.05 bits per heavy atom. The van der Waals surface area contributed by atoms with Gasteiger partial charge in [0.15, 0.2) is 0 Å². The first kappa shape index (κ1) is 14.6. The van der Waals surface area contributed by atoms with Gasteiger partial charge in [0.05, 0.1) is 0 Å². The topological polar surface area (TPSA) is 50.4 Å². The van der Waals surface area contributed by atoms with Crippen LogP contribution in [-0.4, -0.2) is 19.1 Å². The van der Waals surface area contributed by atoms with Gasteiger partial charge >= 0.3 is 0 Å². The van der Waals surface area contributed by atoms with Crippen molar-refractivity contribution in [3.8, 4) is 5.75 Å². The van der Waals surface area contributed by atoms with Gasteiger partial charge in [-0.2, -0.15) is 0 Å². The third-order valence-corrected chi connectivity index (χ3v) is 3.79. The zero-order chi connectivity index (χ0) is 15.4. The lowest BCUT2D eigenvalue weighted by atomic mass is 10.1. The van der Waals surface area contributed by atoms with Crippen LogP contribution in [0.1, 0.15) is 28.4 Å². The number of amides is 1. The lowest BCUT2D eigenvalue weighted by molar-refractivity contribution is 0.102. The Balaban J connectivity index is 1.74. The monoisotopic (exact) mass is 296 g/mol. The Labute approximate surface area is 130 Å². The molecule has 4 nitrogen and oxygen atoms in total. The average Bonchev–Trinajstić information content (AvgIpc) is 2.79. The maximum Gasteiger partial charge on any atom is 0.255 e. The van der Waals surface area contributed by atoms with Crippen molar-refractivity contribution in [1.29, 1.82) is 0 Å². The summed E-state index contributed by atoms with van der Waals surface area (Å²) in [7, 11) is 0. The predicted molar refractivity (Wildman–Crippen MR) is 87.4 cm³/mol. The van der Waals surface area contributed by atoms with Crippen LogP contribution in [0.4, 0.5) is 5.69 Å². The summed E-state index contributed by atoms with van der Waals surface area (Å²) in [6, 6.07) is 13.5. The number of anilines is 1. The van der Waals surface area contributed by atoms with E-state index in [1.807, 2.05) is 42.5 Å². The molecule has 0 fully saturated rings. The van der Waals surface area contributed by atoms with Crippen molar-refractivity contribution in [1.82, 2.24) is 5.32 Å². The van der Waals surface area contributed by atoms with Gasteiger partial charge in [-0.15, -0.1) is 0 Å². The normalized spacial score (nSPS) is 13.7. The van der Waals surface area contributed by atoms with E-state index in [4.69, 9.17) is 4.74 Å². The highest BCUT2D eigenvalue weighted by Gasteiger charge is 2.11. The first-order chi connectivity index (χ1) is 10.8. The van der Waals surface area contributed by atoms with Crippen molar-refractivity contribution >= 4 is 11.6 Å². The van der Waals surface area contributed by atoms with E-state index in [9.17, 15) is 4.79 Å². The van der Waals surface area contributed by atoms with Gasteiger partial charge < -0.3 is 15.4 Å². The number of carbonyl (C=O) groups excluding carboxylic acids is 1. The molecule has 22 heavy (non-hydrogen) atoms. The fourth-order valence-corrected chi connectivity index (χ4v) is 2.49. The zero-order valence-corrected chi connectivity index (χ0v) is 12.7. The number of rotatable bonds is 3. The highest BCUT2D eigenvalue weighted by molar-refractivity contribution is 6.04. The second-order valence-electron chi connectivity index (χ2n) is 5.35. The number of hydrogen-bond donors (Lipinski definition) is 2. The maximum atomic E-state index is 12.3. The maximum absolute atomic E-state index is 12.3. The summed E-state index contributed by atoms with van der Waals surface area (Å²) in [5, 5.41) is 6.23. The molecular formula is C18H20N2O2. The molecule has 0 saturated heterocycles. The molecule has 0 unspecified atom stereocenters. The minimum absolute atomic E-state index is 0.0925. The van der Waals surface area contributed by atoms with Crippen molar-refractivity contribution in [3.05, 3.63) is 59.2 Å². The number of nitrogens with one attached hydrogen (secondary N) is 2. The fourth-order valence-electron chi connectivity index (χ4n) is 2.49. The second-order valence-corrected chi connectivity index (χ2v) is 5.35. The standard InChI is InChI=1S/C18H20N2O2/c1-2-13-3-5-14(6-4-13)18(21)20-16-7-8-17-15(11-16)12-19-9-10-22-17/h3-8,11,19H,2,9-10,12H2,1H3,(H,20,21). The molecule has 0 radical (unpaired) electrons. The van der Waals surface area contributed by atoms with Gasteiger partial charge in [-0.05, 0) is 42.3 Å². The van der Waals surface area contributed by atoms with E-state index in [1.54, 1.807) is 0 Å². The van der Waals surface area contributed by atoms with Crippen LogP contribution in [0.25, 0.3) is 0 Å². The minimum atomic E-state index is -0.0925.